The van der Waals surface area contributed by atoms with E-state index >= 15 is 0 Å². The lowest BCUT2D eigenvalue weighted by molar-refractivity contribution is 0.0744. The number of hydrogen-bond acceptors (Lipinski definition) is 3. The van der Waals surface area contributed by atoms with Crippen molar-refractivity contribution >= 4 is 12.1 Å². The minimum absolute atomic E-state index is 0.219. The van der Waals surface area contributed by atoms with E-state index < -0.39 is 6.10 Å². The van der Waals surface area contributed by atoms with E-state index in [1.54, 1.807) is 24.3 Å². The number of rotatable bonds is 5. The van der Waals surface area contributed by atoms with Crippen molar-refractivity contribution in [2.45, 2.75) is 44.1 Å². The molecule has 1 unspecified atom stereocenters. The van der Waals surface area contributed by atoms with Crippen molar-refractivity contribution in [1.29, 1.82) is 0 Å². The van der Waals surface area contributed by atoms with Crippen LogP contribution in [0, 0.1) is 0 Å². The third kappa shape index (κ3) is 5.74. The monoisotopic (exact) mass is 400 g/mol. The molecule has 0 heterocycles. The first-order chi connectivity index (χ1) is 14.7. The van der Waals surface area contributed by atoms with Crippen molar-refractivity contribution in [3.63, 3.8) is 0 Å². The third-order valence-electron chi connectivity index (χ3n) is 5.58. The normalized spacial score (nSPS) is 14.8. The fourth-order valence-corrected chi connectivity index (χ4v) is 3.98. The Labute approximate surface area is 178 Å². The molecule has 0 saturated heterocycles. The lowest BCUT2D eigenvalue weighted by Crippen LogP contribution is -2.16. The van der Waals surface area contributed by atoms with Gasteiger partial charge in [0.15, 0.2) is 5.78 Å². The van der Waals surface area contributed by atoms with Crippen molar-refractivity contribution in [1.82, 2.24) is 0 Å². The van der Waals surface area contributed by atoms with Crippen molar-refractivity contribution in [3.05, 3.63) is 107 Å². The van der Waals surface area contributed by atoms with Gasteiger partial charge in [-0.2, -0.15) is 0 Å². The smallest absolute Gasteiger partial charge is 0.195 e. The summed E-state index contributed by atoms with van der Waals surface area (Å²) in [5, 5.41) is 10.6. The van der Waals surface area contributed by atoms with Crippen LogP contribution < -0.4 is 0 Å². The molecule has 1 aliphatic carbocycles. The van der Waals surface area contributed by atoms with Gasteiger partial charge in [0.05, 0.1) is 0 Å². The van der Waals surface area contributed by atoms with Crippen LogP contribution in [-0.4, -0.2) is 17.2 Å². The first-order valence-electron chi connectivity index (χ1n) is 10.6. The highest BCUT2D eigenvalue weighted by molar-refractivity contribution is 6.00. The number of Topliss-reactive ketones (excluding diaryl/α,β-unsaturated/α-hetero) is 1. The number of ketones is 1. The predicted octanol–water partition coefficient (Wildman–Crippen LogP) is 6.15. The van der Waals surface area contributed by atoms with Gasteiger partial charge in [-0.25, -0.2) is 0 Å². The van der Waals surface area contributed by atoms with E-state index in [1.807, 2.05) is 54.6 Å². The van der Waals surface area contributed by atoms with Gasteiger partial charge in [-0.15, -0.1) is 0 Å². The molecule has 0 spiro atoms. The van der Waals surface area contributed by atoms with Crippen LogP contribution >= 0.6 is 0 Å². The minimum Gasteiger partial charge on any atom is -0.380 e. The number of aliphatic hydroxyl groups excluding tert-OH is 1. The molecule has 30 heavy (non-hydrogen) atoms. The Morgan fingerprint density at radius 2 is 1.37 bits per heavy atom. The van der Waals surface area contributed by atoms with Gasteiger partial charge >= 0.3 is 0 Å². The molecule has 0 radical (unpaired) electrons. The van der Waals surface area contributed by atoms with Crippen LogP contribution in [0.1, 0.15) is 76.0 Å². The van der Waals surface area contributed by atoms with Gasteiger partial charge in [0.2, 0.25) is 0 Å². The van der Waals surface area contributed by atoms with Crippen LogP contribution in [0.4, 0.5) is 0 Å². The Hall–Kier alpha value is -3.04. The number of hydrogen-bond donors (Lipinski definition) is 1. The molecule has 0 aromatic heterocycles. The number of carbonyl (C=O) groups excluding carboxylic acids is 2. The summed E-state index contributed by atoms with van der Waals surface area (Å²) in [6, 6.07) is 26.0. The first-order valence-corrected chi connectivity index (χ1v) is 10.6. The van der Waals surface area contributed by atoms with E-state index in [0.717, 1.165) is 35.8 Å². The largest absolute Gasteiger partial charge is 0.380 e. The Balaban J connectivity index is 0.000000269. The highest BCUT2D eigenvalue weighted by Gasteiger charge is 2.25. The Morgan fingerprint density at radius 3 is 1.97 bits per heavy atom. The second kappa shape index (κ2) is 11.2. The topological polar surface area (TPSA) is 54.4 Å². The number of aliphatic hydroxyl groups is 1. The van der Waals surface area contributed by atoms with Crippen LogP contribution in [-0.2, 0) is 0 Å². The van der Waals surface area contributed by atoms with E-state index in [9.17, 15) is 14.7 Å². The second-order valence-electron chi connectivity index (χ2n) is 7.63. The molecule has 1 fully saturated rings. The lowest BCUT2D eigenvalue weighted by atomic mass is 9.80. The van der Waals surface area contributed by atoms with Gasteiger partial charge in [0, 0.05) is 11.1 Å². The molecular weight excluding hydrogens is 372 g/mol. The quantitative estimate of drug-likeness (QED) is 0.413. The maximum absolute atomic E-state index is 12.5. The highest BCUT2D eigenvalue weighted by atomic mass is 16.3. The molecule has 4 rings (SSSR count). The van der Waals surface area contributed by atoms with E-state index in [0.29, 0.717) is 11.5 Å². The van der Waals surface area contributed by atoms with Crippen LogP contribution in [0.5, 0.6) is 0 Å². The molecule has 1 aliphatic rings. The van der Waals surface area contributed by atoms with E-state index in [4.69, 9.17) is 0 Å². The van der Waals surface area contributed by atoms with E-state index in [2.05, 4.69) is 6.07 Å². The van der Waals surface area contributed by atoms with Gasteiger partial charge in [-0.3, -0.25) is 9.59 Å². The van der Waals surface area contributed by atoms with Crippen molar-refractivity contribution < 1.29 is 14.7 Å². The predicted molar refractivity (Wildman–Crippen MR) is 120 cm³/mol. The zero-order chi connectivity index (χ0) is 21.2. The van der Waals surface area contributed by atoms with Crippen LogP contribution in [0.2, 0.25) is 0 Å². The van der Waals surface area contributed by atoms with Gasteiger partial charge in [-0.05, 0) is 29.9 Å². The summed E-state index contributed by atoms with van der Waals surface area (Å²) in [5.41, 5.74) is 3.23. The zero-order valence-corrected chi connectivity index (χ0v) is 17.1. The van der Waals surface area contributed by atoms with Crippen LogP contribution in [0.15, 0.2) is 84.9 Å². The average Bonchev–Trinajstić information content (AvgIpc) is 2.85. The van der Waals surface area contributed by atoms with Crippen LogP contribution in [0.25, 0.3) is 0 Å². The van der Waals surface area contributed by atoms with Crippen molar-refractivity contribution in [2.75, 3.05) is 0 Å². The fraction of sp³-hybridized carbons (Fsp3) is 0.259. The van der Waals surface area contributed by atoms with Gasteiger partial charge < -0.3 is 5.11 Å². The number of aldehydes is 1. The van der Waals surface area contributed by atoms with Crippen molar-refractivity contribution in [3.8, 4) is 0 Å². The molecule has 0 bridgehead atoms. The maximum Gasteiger partial charge on any atom is 0.195 e. The standard InChI is InChI=1S/C20H22O2.C7H6O/c21-19(16-11-5-2-6-12-16)20(22)18-14-8-7-13-17(18)15-9-3-1-4-10-15;8-6-7-4-2-1-3-5-7/h2,5-8,11-15,20,22H,1,3-4,9-10H2;1-6H. The average molecular weight is 401 g/mol. The van der Waals surface area contributed by atoms with E-state index in [1.165, 1.54) is 19.3 Å². The summed E-state index contributed by atoms with van der Waals surface area (Å²) in [7, 11) is 0. The molecule has 1 saturated carbocycles. The van der Waals surface area contributed by atoms with Crippen molar-refractivity contribution in [2.24, 2.45) is 0 Å². The fourth-order valence-electron chi connectivity index (χ4n) is 3.98. The Morgan fingerprint density at radius 1 is 0.800 bits per heavy atom. The lowest BCUT2D eigenvalue weighted by Gasteiger charge is -2.25. The zero-order valence-electron chi connectivity index (χ0n) is 17.1. The number of benzene rings is 3. The summed E-state index contributed by atoms with van der Waals surface area (Å²) in [4.78, 5) is 22.5. The number of carbonyl (C=O) groups is 2. The molecule has 1 atom stereocenters. The summed E-state index contributed by atoms with van der Waals surface area (Å²) >= 11 is 0. The summed E-state index contributed by atoms with van der Waals surface area (Å²) in [6.45, 7) is 0. The SMILES string of the molecule is O=C(c1ccccc1)C(O)c1ccccc1C1CCCCC1.O=Cc1ccccc1. The summed E-state index contributed by atoms with van der Waals surface area (Å²) in [6.07, 6.45) is 5.85. The summed E-state index contributed by atoms with van der Waals surface area (Å²) < 4.78 is 0. The summed E-state index contributed by atoms with van der Waals surface area (Å²) in [5.74, 6) is 0.257. The second-order valence-corrected chi connectivity index (χ2v) is 7.63. The molecular formula is C27H28O3. The Bertz CT molecular complexity index is 929. The molecule has 3 aromatic carbocycles. The molecule has 3 heteroatoms. The maximum atomic E-state index is 12.5. The van der Waals surface area contributed by atoms with Gasteiger partial charge in [0.25, 0.3) is 0 Å². The Kier molecular flexibility index (Phi) is 8.10. The van der Waals surface area contributed by atoms with E-state index in [-0.39, 0.29) is 5.78 Å². The molecule has 154 valence electrons. The van der Waals surface area contributed by atoms with Gasteiger partial charge in [-0.1, -0.05) is 104 Å². The molecule has 3 aromatic rings. The minimum atomic E-state index is -1.07. The molecule has 3 nitrogen and oxygen atoms in total. The highest BCUT2D eigenvalue weighted by Crippen LogP contribution is 2.36. The molecule has 0 amide bonds. The molecule has 1 N–H and O–H groups in total. The third-order valence-corrected chi connectivity index (χ3v) is 5.58. The van der Waals surface area contributed by atoms with Crippen LogP contribution in [0.3, 0.4) is 0 Å². The molecule has 0 aliphatic heterocycles. The van der Waals surface area contributed by atoms with Gasteiger partial charge in [0.1, 0.15) is 12.4 Å². The first kappa shape index (κ1) is 21.7.